The highest BCUT2D eigenvalue weighted by Crippen LogP contribution is 2.29. The van der Waals surface area contributed by atoms with E-state index in [1.807, 2.05) is 5.32 Å². The number of piperidine rings is 1. The van der Waals surface area contributed by atoms with E-state index in [9.17, 15) is 36.7 Å². The van der Waals surface area contributed by atoms with E-state index >= 15 is 0 Å². The fourth-order valence-electron chi connectivity index (χ4n) is 3.78. The third kappa shape index (κ3) is 5.50. The van der Waals surface area contributed by atoms with Crippen LogP contribution in [0, 0.1) is 5.82 Å². The van der Waals surface area contributed by atoms with Crippen molar-refractivity contribution in [2.24, 2.45) is 0 Å². The van der Waals surface area contributed by atoms with E-state index < -0.39 is 53.5 Å². The molecule has 0 aliphatic carbocycles. The summed E-state index contributed by atoms with van der Waals surface area (Å²) in [5.41, 5.74) is 0.781. The number of fused-ring (bicyclic) bond motifs is 1. The molecule has 0 unspecified atom stereocenters. The average Bonchev–Trinajstić information content (AvgIpc) is 3.09. The zero-order valence-electron chi connectivity index (χ0n) is 17.8. The van der Waals surface area contributed by atoms with Crippen LogP contribution in [-0.4, -0.2) is 41.1 Å². The van der Waals surface area contributed by atoms with Crippen LogP contribution in [0.5, 0.6) is 5.75 Å². The zero-order valence-corrected chi connectivity index (χ0v) is 17.8. The number of nitrogens with zero attached hydrogens (tertiary/aromatic N) is 1. The first-order chi connectivity index (χ1) is 16.5. The normalized spacial score (nSPS) is 17.7. The van der Waals surface area contributed by atoms with Crippen LogP contribution in [0.3, 0.4) is 0 Å². The number of hydrogen-bond donors (Lipinski definition) is 2. The molecule has 9 nitrogen and oxygen atoms in total. The van der Waals surface area contributed by atoms with Gasteiger partial charge in [-0.25, -0.2) is 9.18 Å². The summed E-state index contributed by atoms with van der Waals surface area (Å²) < 4.78 is 59.6. The van der Waals surface area contributed by atoms with Crippen molar-refractivity contribution in [2.75, 3.05) is 5.32 Å². The van der Waals surface area contributed by atoms with E-state index in [4.69, 9.17) is 4.74 Å². The molecule has 0 spiro atoms. The van der Waals surface area contributed by atoms with Crippen molar-refractivity contribution >= 4 is 29.5 Å². The Morgan fingerprint density at radius 1 is 1.14 bits per heavy atom. The molecule has 13 heteroatoms. The van der Waals surface area contributed by atoms with Crippen LogP contribution < -0.4 is 15.4 Å². The molecular formula is C22H17F4N3O6. The Kier molecular flexibility index (Phi) is 6.33. The summed E-state index contributed by atoms with van der Waals surface area (Å²) in [6.07, 6.45) is -5.80. The smallest absolute Gasteiger partial charge is 0.444 e. The van der Waals surface area contributed by atoms with Crippen molar-refractivity contribution < 1.29 is 46.2 Å². The number of carbonyl (C=O) groups is 4. The number of benzene rings is 2. The first-order valence-electron chi connectivity index (χ1n) is 10.3. The summed E-state index contributed by atoms with van der Waals surface area (Å²) in [4.78, 5) is 49.7. The highest BCUT2D eigenvalue weighted by atomic mass is 19.4. The Morgan fingerprint density at radius 2 is 1.91 bits per heavy atom. The maximum Gasteiger partial charge on any atom is 0.573 e. The monoisotopic (exact) mass is 495 g/mol. The molecule has 2 aliphatic rings. The van der Waals surface area contributed by atoms with Gasteiger partial charge in [0.05, 0.1) is 5.69 Å². The zero-order chi connectivity index (χ0) is 25.3. The van der Waals surface area contributed by atoms with Gasteiger partial charge in [0.1, 0.15) is 24.2 Å². The lowest BCUT2D eigenvalue weighted by Gasteiger charge is -2.29. The van der Waals surface area contributed by atoms with E-state index in [1.165, 1.54) is 11.0 Å². The highest BCUT2D eigenvalue weighted by molar-refractivity contribution is 6.05. The predicted octanol–water partition coefficient (Wildman–Crippen LogP) is 3.23. The van der Waals surface area contributed by atoms with Gasteiger partial charge in [0, 0.05) is 24.6 Å². The lowest BCUT2D eigenvalue weighted by molar-refractivity contribution is -0.274. The maximum atomic E-state index is 13.9. The number of hydrogen-bond acceptors (Lipinski definition) is 6. The van der Waals surface area contributed by atoms with E-state index in [-0.39, 0.29) is 26.0 Å². The molecule has 0 bridgehead atoms. The lowest BCUT2D eigenvalue weighted by atomic mass is 10.0. The number of ether oxygens (including phenoxy) is 2. The fourth-order valence-corrected chi connectivity index (χ4v) is 3.78. The quantitative estimate of drug-likeness (QED) is 0.487. The Bertz CT molecular complexity index is 1220. The second-order valence-corrected chi connectivity index (χ2v) is 7.78. The number of rotatable bonds is 5. The van der Waals surface area contributed by atoms with Gasteiger partial charge in [-0.15, -0.1) is 13.2 Å². The van der Waals surface area contributed by atoms with E-state index in [1.54, 1.807) is 12.1 Å². The highest BCUT2D eigenvalue weighted by Gasteiger charge is 2.39. The van der Waals surface area contributed by atoms with Gasteiger partial charge in [-0.2, -0.15) is 0 Å². The molecule has 0 aromatic heterocycles. The molecule has 1 atom stereocenters. The first-order valence-corrected chi connectivity index (χ1v) is 10.3. The summed E-state index contributed by atoms with van der Waals surface area (Å²) in [5, 5.41) is 4.21. The molecule has 35 heavy (non-hydrogen) atoms. The standard InChI is InChI=1S/C22H17F4N3O6/c23-15-4-3-13(35-22(24,25)26)8-16(15)27-21(33)34-10-11-1-2-12-9-29(20(32)14(12)7-11)17-5-6-18(30)28-19(17)31/h1-4,7-8,17H,5-6,9-10H2,(H,27,33)(H,28,30,31)/t17-/m1/s1. The molecule has 2 heterocycles. The molecule has 4 amide bonds. The number of imide groups is 1. The summed E-state index contributed by atoms with van der Waals surface area (Å²) >= 11 is 0. The van der Waals surface area contributed by atoms with Crippen LogP contribution in [0.1, 0.15) is 34.3 Å². The number of halogens is 4. The van der Waals surface area contributed by atoms with Crippen LogP contribution in [0.15, 0.2) is 36.4 Å². The number of carbonyl (C=O) groups excluding carboxylic acids is 4. The van der Waals surface area contributed by atoms with Crippen molar-refractivity contribution in [1.82, 2.24) is 10.2 Å². The van der Waals surface area contributed by atoms with Crippen LogP contribution in [0.2, 0.25) is 0 Å². The molecule has 0 saturated carbocycles. The summed E-state index contributed by atoms with van der Waals surface area (Å²) in [7, 11) is 0. The third-order valence-corrected chi connectivity index (χ3v) is 5.37. The van der Waals surface area contributed by atoms with Gasteiger partial charge in [0.2, 0.25) is 11.8 Å². The second-order valence-electron chi connectivity index (χ2n) is 7.78. The number of amides is 4. The van der Waals surface area contributed by atoms with Gasteiger partial charge in [-0.1, -0.05) is 12.1 Å². The van der Waals surface area contributed by atoms with Gasteiger partial charge in [-0.05, 0) is 35.7 Å². The molecule has 4 rings (SSSR count). The van der Waals surface area contributed by atoms with Gasteiger partial charge < -0.3 is 14.4 Å². The molecule has 2 N–H and O–H groups in total. The van der Waals surface area contributed by atoms with E-state index in [0.29, 0.717) is 28.8 Å². The van der Waals surface area contributed by atoms with Crippen molar-refractivity contribution in [2.45, 2.75) is 38.4 Å². The van der Waals surface area contributed by atoms with Crippen LogP contribution >= 0.6 is 0 Å². The molecule has 184 valence electrons. The SMILES string of the molecule is O=C1CC[C@@H](N2Cc3ccc(COC(=O)Nc4cc(OC(F)(F)F)ccc4F)cc3C2=O)C(=O)N1. The van der Waals surface area contributed by atoms with Gasteiger partial charge >= 0.3 is 12.5 Å². The van der Waals surface area contributed by atoms with Crippen molar-refractivity contribution in [3.8, 4) is 5.75 Å². The van der Waals surface area contributed by atoms with Gasteiger partial charge in [0.25, 0.3) is 5.91 Å². The Balaban J connectivity index is 1.38. The number of nitrogens with one attached hydrogen (secondary N) is 2. The largest absolute Gasteiger partial charge is 0.573 e. The minimum absolute atomic E-state index is 0.122. The average molecular weight is 495 g/mol. The predicted molar refractivity (Wildman–Crippen MR) is 109 cm³/mol. The Morgan fingerprint density at radius 3 is 2.63 bits per heavy atom. The summed E-state index contributed by atoms with van der Waals surface area (Å²) in [6, 6.07) is 6.02. The van der Waals surface area contributed by atoms with E-state index in [0.717, 1.165) is 6.07 Å². The topological polar surface area (TPSA) is 114 Å². The van der Waals surface area contributed by atoms with Crippen molar-refractivity contribution in [3.05, 3.63) is 58.9 Å². The Labute approximate surface area is 195 Å². The molecule has 2 aromatic rings. The van der Waals surface area contributed by atoms with E-state index in [2.05, 4.69) is 10.1 Å². The fraction of sp³-hybridized carbons (Fsp3) is 0.273. The molecular weight excluding hydrogens is 478 g/mol. The van der Waals surface area contributed by atoms with Crippen molar-refractivity contribution in [3.63, 3.8) is 0 Å². The maximum absolute atomic E-state index is 13.9. The summed E-state index contributed by atoms with van der Waals surface area (Å²) in [5.74, 6) is -3.09. The van der Waals surface area contributed by atoms with Crippen LogP contribution in [0.25, 0.3) is 0 Å². The lowest BCUT2D eigenvalue weighted by Crippen LogP contribution is -2.52. The second kappa shape index (κ2) is 9.24. The number of anilines is 1. The molecule has 1 fully saturated rings. The van der Waals surface area contributed by atoms with Gasteiger partial charge in [0.15, 0.2) is 0 Å². The Hall–Kier alpha value is -4.16. The molecule has 1 saturated heterocycles. The molecule has 2 aromatic carbocycles. The minimum Gasteiger partial charge on any atom is -0.444 e. The van der Waals surface area contributed by atoms with Crippen molar-refractivity contribution in [1.29, 1.82) is 0 Å². The molecule has 2 aliphatic heterocycles. The van der Waals surface area contributed by atoms with Crippen LogP contribution in [0.4, 0.5) is 28.0 Å². The van der Waals surface area contributed by atoms with Gasteiger partial charge in [-0.3, -0.25) is 25.0 Å². The summed E-state index contributed by atoms with van der Waals surface area (Å²) in [6.45, 7) is -0.150. The third-order valence-electron chi connectivity index (χ3n) is 5.37. The number of alkyl halides is 3. The van der Waals surface area contributed by atoms with Crippen LogP contribution in [-0.2, 0) is 27.5 Å². The minimum atomic E-state index is -4.99. The molecule has 0 radical (unpaired) electrons. The first kappa shape index (κ1) is 24.0.